The van der Waals surface area contributed by atoms with E-state index in [-0.39, 0.29) is 17.6 Å². The molecule has 20 heavy (non-hydrogen) atoms. The minimum absolute atomic E-state index is 0.134. The topological polar surface area (TPSA) is 78.9 Å². The Kier molecular flexibility index (Phi) is 4.61. The van der Waals surface area contributed by atoms with Gasteiger partial charge < -0.3 is 11.1 Å². The summed E-state index contributed by atoms with van der Waals surface area (Å²) in [5.74, 6) is 0.410. The molecular weight excluding hydrogens is 338 g/mol. The van der Waals surface area contributed by atoms with Gasteiger partial charge in [0.2, 0.25) is 5.91 Å². The molecule has 1 fully saturated rings. The Morgan fingerprint density at radius 1 is 1.65 bits per heavy atom. The van der Waals surface area contributed by atoms with E-state index in [1.54, 1.807) is 13.0 Å². The zero-order valence-electron chi connectivity index (χ0n) is 11.1. The van der Waals surface area contributed by atoms with Gasteiger partial charge in [0.05, 0.1) is 11.8 Å². The first-order valence-electron chi connectivity index (χ1n) is 6.34. The highest BCUT2D eigenvalue weighted by atomic mass is 79.9. The van der Waals surface area contributed by atoms with Gasteiger partial charge in [-0.05, 0) is 43.9 Å². The molecule has 1 aromatic rings. The molecule has 0 bridgehead atoms. The van der Waals surface area contributed by atoms with E-state index in [9.17, 15) is 10.1 Å². The summed E-state index contributed by atoms with van der Waals surface area (Å²) in [5, 5.41) is 12.0. The smallest absolute Gasteiger partial charge is 0.231 e. The molecule has 3 N–H and O–H groups in total. The zero-order valence-corrected chi connectivity index (χ0v) is 13.6. The minimum atomic E-state index is -0.736. The van der Waals surface area contributed by atoms with Gasteiger partial charge in [-0.3, -0.25) is 4.79 Å². The van der Waals surface area contributed by atoms with E-state index in [0.717, 1.165) is 22.2 Å². The fourth-order valence-corrected chi connectivity index (χ4v) is 3.30. The fraction of sp³-hybridized carbons (Fsp3) is 0.429. The van der Waals surface area contributed by atoms with Crippen LogP contribution in [0.25, 0.3) is 0 Å². The summed E-state index contributed by atoms with van der Waals surface area (Å²) in [7, 11) is 0. The number of nitrogens with two attached hydrogens (primary N) is 1. The number of carbonyl (C=O) groups excluding carboxylic acids is 1. The number of nitrogen functional groups attached to an aromatic ring is 1. The highest BCUT2D eigenvalue weighted by Gasteiger charge is 2.42. The number of nitriles is 1. The maximum atomic E-state index is 12.0. The van der Waals surface area contributed by atoms with E-state index in [2.05, 4.69) is 27.3 Å². The van der Waals surface area contributed by atoms with Gasteiger partial charge in [-0.2, -0.15) is 5.26 Å². The van der Waals surface area contributed by atoms with Crippen molar-refractivity contribution in [3.05, 3.63) is 22.7 Å². The molecule has 2 rings (SSSR count). The molecule has 1 aromatic carbocycles. The Morgan fingerprint density at radius 3 is 2.95 bits per heavy atom. The van der Waals surface area contributed by atoms with Crippen LogP contribution in [-0.2, 0) is 4.79 Å². The zero-order chi connectivity index (χ0) is 14.8. The van der Waals surface area contributed by atoms with E-state index in [1.807, 2.05) is 12.1 Å². The Morgan fingerprint density at radius 2 is 2.35 bits per heavy atom. The van der Waals surface area contributed by atoms with Gasteiger partial charge in [-0.25, -0.2) is 0 Å². The molecule has 4 nitrogen and oxygen atoms in total. The third kappa shape index (κ3) is 3.68. The average Bonchev–Trinajstić information content (AvgIpc) is 3.24. The van der Waals surface area contributed by atoms with Crippen molar-refractivity contribution in [2.24, 2.45) is 5.92 Å². The predicted octanol–water partition coefficient (Wildman–Crippen LogP) is 2.93. The van der Waals surface area contributed by atoms with Gasteiger partial charge in [-0.1, -0.05) is 15.9 Å². The molecule has 1 aliphatic carbocycles. The number of hydrogen-bond donors (Lipinski definition) is 2. The molecule has 106 valence electrons. The van der Waals surface area contributed by atoms with Crippen LogP contribution in [0.3, 0.4) is 0 Å². The number of amides is 1. The number of rotatable bonds is 5. The van der Waals surface area contributed by atoms with Crippen LogP contribution < -0.4 is 11.1 Å². The van der Waals surface area contributed by atoms with Gasteiger partial charge >= 0.3 is 0 Å². The molecule has 0 aromatic heterocycles. The van der Waals surface area contributed by atoms with Gasteiger partial charge in [0, 0.05) is 15.1 Å². The maximum Gasteiger partial charge on any atom is 0.231 e. The SMILES string of the molecule is CC(C#N)(NC(=O)CSc1cc(Br)ccc1N)C1CC1. The largest absolute Gasteiger partial charge is 0.398 e. The molecule has 1 amide bonds. The molecule has 1 saturated carbocycles. The molecule has 1 atom stereocenters. The summed E-state index contributed by atoms with van der Waals surface area (Å²) >= 11 is 4.75. The molecule has 0 saturated heterocycles. The molecule has 0 spiro atoms. The monoisotopic (exact) mass is 353 g/mol. The maximum absolute atomic E-state index is 12.0. The first-order chi connectivity index (χ1) is 9.44. The Bertz CT molecular complexity index is 568. The third-order valence-corrected chi connectivity index (χ3v) is 4.92. The summed E-state index contributed by atoms with van der Waals surface area (Å²) in [6.45, 7) is 1.79. The van der Waals surface area contributed by atoms with Gasteiger partial charge in [-0.15, -0.1) is 11.8 Å². The van der Waals surface area contributed by atoms with Gasteiger partial charge in [0.15, 0.2) is 0 Å². The number of benzene rings is 1. The summed E-state index contributed by atoms with van der Waals surface area (Å²) in [4.78, 5) is 12.8. The number of hydrogen-bond acceptors (Lipinski definition) is 4. The van der Waals surface area contributed by atoms with Gasteiger partial charge in [0.1, 0.15) is 5.54 Å². The first-order valence-corrected chi connectivity index (χ1v) is 8.12. The van der Waals surface area contributed by atoms with Crippen LogP contribution in [0, 0.1) is 17.2 Å². The number of halogens is 1. The van der Waals surface area contributed by atoms with Crippen molar-refractivity contribution in [2.75, 3.05) is 11.5 Å². The summed E-state index contributed by atoms with van der Waals surface area (Å²) < 4.78 is 0.925. The van der Waals surface area contributed by atoms with E-state index in [4.69, 9.17) is 5.73 Å². The van der Waals surface area contributed by atoms with Crippen LogP contribution >= 0.6 is 27.7 Å². The second kappa shape index (κ2) is 6.06. The van der Waals surface area contributed by atoms with Crippen molar-refractivity contribution in [3.8, 4) is 6.07 Å². The summed E-state index contributed by atoms with van der Waals surface area (Å²) in [6.07, 6.45) is 2.02. The molecular formula is C14H16BrN3OS. The van der Waals surface area contributed by atoms with Crippen LogP contribution in [-0.4, -0.2) is 17.2 Å². The Labute approximate surface area is 131 Å². The normalized spacial score (nSPS) is 17.1. The lowest BCUT2D eigenvalue weighted by molar-refractivity contribution is -0.119. The van der Waals surface area contributed by atoms with Crippen LogP contribution in [0.2, 0.25) is 0 Å². The number of nitrogens with zero attached hydrogens (tertiary/aromatic N) is 1. The molecule has 6 heteroatoms. The standard InChI is InChI=1S/C14H16BrN3OS/c1-14(8-16,9-2-3-9)18-13(19)7-20-12-6-10(15)4-5-11(12)17/h4-6,9H,2-3,7,17H2,1H3,(H,18,19). The van der Waals surface area contributed by atoms with Crippen molar-refractivity contribution < 1.29 is 4.79 Å². The van der Waals surface area contributed by atoms with E-state index < -0.39 is 5.54 Å². The number of anilines is 1. The second-order valence-electron chi connectivity index (χ2n) is 5.11. The third-order valence-electron chi connectivity index (χ3n) is 3.36. The van der Waals surface area contributed by atoms with Crippen LogP contribution in [0.1, 0.15) is 19.8 Å². The van der Waals surface area contributed by atoms with Crippen LogP contribution in [0.5, 0.6) is 0 Å². The summed E-state index contributed by atoms with van der Waals surface area (Å²) in [5.41, 5.74) is 5.78. The van der Waals surface area contributed by atoms with Crippen molar-refractivity contribution in [1.29, 1.82) is 5.26 Å². The number of nitrogens with one attached hydrogen (secondary N) is 1. The second-order valence-corrected chi connectivity index (χ2v) is 7.04. The van der Waals surface area contributed by atoms with Crippen molar-refractivity contribution in [2.45, 2.75) is 30.2 Å². The Balaban J connectivity index is 1.92. The lowest BCUT2D eigenvalue weighted by Crippen LogP contribution is -2.47. The number of carbonyl (C=O) groups is 1. The van der Waals surface area contributed by atoms with Gasteiger partial charge in [0.25, 0.3) is 0 Å². The predicted molar refractivity (Wildman–Crippen MR) is 84.2 cm³/mol. The highest BCUT2D eigenvalue weighted by molar-refractivity contribution is 9.10. The molecule has 0 heterocycles. The van der Waals surface area contributed by atoms with Crippen LogP contribution in [0.4, 0.5) is 5.69 Å². The Hall–Kier alpha value is -1.19. The van der Waals surface area contributed by atoms with E-state index >= 15 is 0 Å². The molecule has 1 unspecified atom stereocenters. The first kappa shape index (κ1) is 15.2. The van der Waals surface area contributed by atoms with E-state index in [0.29, 0.717) is 5.69 Å². The van der Waals surface area contributed by atoms with Crippen molar-refractivity contribution >= 4 is 39.3 Å². The lowest BCUT2D eigenvalue weighted by atomic mass is 9.98. The van der Waals surface area contributed by atoms with Crippen molar-refractivity contribution in [1.82, 2.24) is 5.32 Å². The minimum Gasteiger partial charge on any atom is -0.398 e. The van der Waals surface area contributed by atoms with Crippen LogP contribution in [0.15, 0.2) is 27.6 Å². The fourth-order valence-electron chi connectivity index (χ4n) is 1.98. The lowest BCUT2D eigenvalue weighted by Gasteiger charge is -2.22. The highest BCUT2D eigenvalue weighted by Crippen LogP contribution is 2.39. The summed E-state index contributed by atoms with van der Waals surface area (Å²) in [6, 6.07) is 7.76. The molecule has 0 aliphatic heterocycles. The average molecular weight is 354 g/mol. The quantitative estimate of drug-likeness (QED) is 0.629. The molecule has 1 aliphatic rings. The van der Waals surface area contributed by atoms with E-state index in [1.165, 1.54) is 11.8 Å². The van der Waals surface area contributed by atoms with Crippen molar-refractivity contribution in [3.63, 3.8) is 0 Å². The molecule has 0 radical (unpaired) electrons. The number of thioether (sulfide) groups is 1.